The van der Waals surface area contributed by atoms with Crippen molar-refractivity contribution in [2.45, 2.75) is 102 Å². The Hall–Kier alpha value is -0.293. The largest absolute Gasteiger partial charge is 1.00 e. The van der Waals surface area contributed by atoms with Gasteiger partial charge >= 0.3 is 35.5 Å². The second-order valence-corrected chi connectivity index (χ2v) is 14.9. The Kier molecular flexibility index (Phi) is 12.8. The third kappa shape index (κ3) is 10.5. The van der Waals surface area contributed by atoms with Gasteiger partial charge in [-0.2, -0.15) is 0 Å². The van der Waals surface area contributed by atoms with Crippen LogP contribution in [0.5, 0.6) is 0 Å². The number of carbonyl (C=O) groups is 1. The third-order valence-electron chi connectivity index (χ3n) is 6.52. The van der Waals surface area contributed by atoms with Crippen molar-refractivity contribution in [3.63, 3.8) is 0 Å². The van der Waals surface area contributed by atoms with Gasteiger partial charge in [-0.15, -0.1) is 0 Å². The van der Waals surface area contributed by atoms with Crippen molar-refractivity contribution in [3.05, 3.63) is 29.8 Å². The first-order valence-electron chi connectivity index (χ1n) is 11.5. The van der Waals surface area contributed by atoms with E-state index in [0.29, 0.717) is 11.6 Å². The molecule has 0 spiro atoms. The maximum Gasteiger partial charge on any atom is 1.00 e. The van der Waals surface area contributed by atoms with Crippen molar-refractivity contribution in [2.75, 3.05) is 5.32 Å². The zero-order valence-electron chi connectivity index (χ0n) is 20.3. The van der Waals surface area contributed by atoms with E-state index in [0.717, 1.165) is 11.6 Å². The molecule has 0 saturated heterocycles. The van der Waals surface area contributed by atoms with Gasteiger partial charge in [0.05, 0.1) is 5.56 Å². The molecule has 0 bridgehead atoms. The molecule has 29 heavy (non-hydrogen) atoms. The predicted molar refractivity (Wildman–Crippen MR) is 124 cm³/mol. The number of carboxylic acid groups (broad SMARTS) is 1. The van der Waals surface area contributed by atoms with E-state index in [1.165, 1.54) is 76.3 Å². The molecule has 0 unspecified atom stereocenters. The molecule has 5 heteroatoms. The Balaban J connectivity index is 0.00000420. The van der Waals surface area contributed by atoms with E-state index < -0.39 is 14.0 Å². The van der Waals surface area contributed by atoms with Crippen molar-refractivity contribution in [1.82, 2.24) is 0 Å². The molecule has 1 aliphatic carbocycles. The maximum absolute atomic E-state index is 10.9. The van der Waals surface area contributed by atoms with Gasteiger partial charge < -0.3 is 11.8 Å². The molecule has 1 aliphatic rings. The summed E-state index contributed by atoms with van der Waals surface area (Å²) in [6.07, 6.45) is 13.6. The van der Waals surface area contributed by atoms with Crippen LogP contribution in [0.15, 0.2) is 24.3 Å². The van der Waals surface area contributed by atoms with Crippen LogP contribution in [0.3, 0.4) is 0 Å². The summed E-state index contributed by atoms with van der Waals surface area (Å²) in [6, 6.07) is 10.7. The van der Waals surface area contributed by atoms with E-state index in [1.807, 2.05) is 12.1 Å². The number of rotatable bonds is 12. The van der Waals surface area contributed by atoms with E-state index in [1.54, 1.807) is 12.1 Å². The second-order valence-electron chi connectivity index (χ2n) is 9.61. The number of aromatic carboxylic acids is 1. The van der Waals surface area contributed by atoms with Gasteiger partial charge in [0.2, 0.25) is 0 Å². The Morgan fingerprint density at radius 1 is 1.03 bits per heavy atom. The van der Waals surface area contributed by atoms with Gasteiger partial charge in [0.25, 0.3) is 0 Å². The fourth-order valence-corrected chi connectivity index (χ4v) is 7.18. The summed E-state index contributed by atoms with van der Waals surface area (Å²) in [5.41, 5.74) is 1.40. The molecule has 160 valence electrons. The number of benzene rings is 1. The number of hydrogen-bond donors (Lipinski definition) is 2. The monoisotopic (exact) mass is 427 g/mol. The quantitative estimate of drug-likeness (QED) is 0.380. The normalized spacial score (nSPS) is 19.4. The van der Waals surface area contributed by atoms with E-state index in [-0.39, 0.29) is 31.0 Å². The zero-order valence-corrected chi connectivity index (χ0v) is 22.3. The summed E-state index contributed by atoms with van der Waals surface area (Å²) < 4.78 is 0. The first kappa shape index (κ1) is 26.7. The summed E-state index contributed by atoms with van der Waals surface area (Å²) in [4.78, 5) is 10.9. The first-order chi connectivity index (χ1) is 13.4. The Bertz CT molecular complexity index is 589. The van der Waals surface area contributed by atoms with Gasteiger partial charge in [0.1, 0.15) is 0 Å². The molecule has 1 saturated carbocycles. The molecule has 0 aromatic heterocycles. The summed E-state index contributed by atoms with van der Waals surface area (Å²) in [5, 5.41) is 12.6. The molecular weight excluding hydrogens is 385 g/mol. The van der Waals surface area contributed by atoms with Crippen LogP contribution in [0.25, 0.3) is 0 Å². The summed E-state index contributed by atoms with van der Waals surface area (Å²) >= 11 is 0. The van der Waals surface area contributed by atoms with E-state index >= 15 is 0 Å². The van der Waals surface area contributed by atoms with Crippen LogP contribution in [0.1, 0.15) is 82.9 Å². The molecule has 2 rings (SSSR count). The SMILES string of the molecule is CCCCCC[Si](C)(C)CCCC1CCC(Nc2ccc(C(=O)O)cc2)CC1.[H-].[Na+]. The minimum atomic E-state index is -0.969. The van der Waals surface area contributed by atoms with Crippen LogP contribution < -0.4 is 34.9 Å². The number of nitrogens with one attached hydrogen (secondary N) is 1. The van der Waals surface area contributed by atoms with Gasteiger partial charge in [-0.3, -0.25) is 0 Å². The summed E-state index contributed by atoms with van der Waals surface area (Å²) in [7, 11) is -0.969. The van der Waals surface area contributed by atoms with Gasteiger partial charge in [0.15, 0.2) is 0 Å². The van der Waals surface area contributed by atoms with Crippen LogP contribution in [0.4, 0.5) is 5.69 Å². The average Bonchev–Trinajstić information content (AvgIpc) is 2.67. The van der Waals surface area contributed by atoms with Crippen molar-refractivity contribution >= 4 is 19.7 Å². The molecule has 1 fully saturated rings. The van der Waals surface area contributed by atoms with Crippen molar-refractivity contribution < 1.29 is 40.9 Å². The molecule has 0 radical (unpaired) electrons. The van der Waals surface area contributed by atoms with Crippen LogP contribution in [0.2, 0.25) is 25.2 Å². The molecule has 2 N–H and O–H groups in total. The molecule has 0 aliphatic heterocycles. The van der Waals surface area contributed by atoms with Gasteiger partial charge in [-0.1, -0.05) is 70.6 Å². The Morgan fingerprint density at radius 2 is 1.66 bits per heavy atom. The summed E-state index contributed by atoms with van der Waals surface area (Å²) in [6.45, 7) is 7.48. The van der Waals surface area contributed by atoms with Crippen LogP contribution in [-0.4, -0.2) is 25.2 Å². The van der Waals surface area contributed by atoms with Crippen LogP contribution in [0, 0.1) is 5.92 Å². The number of unbranched alkanes of at least 4 members (excludes halogenated alkanes) is 3. The molecule has 0 atom stereocenters. The summed E-state index contributed by atoms with van der Waals surface area (Å²) in [5.74, 6) is 0.0524. The molecule has 3 nitrogen and oxygen atoms in total. The molecular formula is C24H42NNaO2Si. The van der Waals surface area contributed by atoms with Gasteiger partial charge in [-0.05, 0) is 55.9 Å². The topological polar surface area (TPSA) is 49.3 Å². The fourth-order valence-electron chi connectivity index (χ4n) is 4.56. The average molecular weight is 428 g/mol. The van der Waals surface area contributed by atoms with Gasteiger partial charge in [-0.25, -0.2) is 4.79 Å². The maximum atomic E-state index is 10.9. The number of anilines is 1. The minimum Gasteiger partial charge on any atom is -1.00 e. The number of hydrogen-bond acceptors (Lipinski definition) is 2. The van der Waals surface area contributed by atoms with Crippen LogP contribution in [-0.2, 0) is 0 Å². The first-order valence-corrected chi connectivity index (χ1v) is 14.9. The zero-order chi connectivity index (χ0) is 20.4. The standard InChI is InChI=1S/C24H41NO2Si.Na.H/c1-4-5-6-7-18-28(2,3)19-8-9-20-10-14-22(15-11-20)25-23-16-12-21(13-17-23)24(26)27;;/h12-13,16-17,20,22,25H,4-11,14-15,18-19H2,1-3H3,(H,26,27);;/q;+1;-1. The predicted octanol–water partition coefficient (Wildman–Crippen LogP) is 4.54. The van der Waals surface area contributed by atoms with E-state index in [9.17, 15) is 4.79 Å². The second kappa shape index (κ2) is 13.9. The third-order valence-corrected chi connectivity index (χ3v) is 9.94. The van der Waals surface area contributed by atoms with Crippen molar-refractivity contribution in [3.8, 4) is 0 Å². The van der Waals surface area contributed by atoms with E-state index in [2.05, 4.69) is 25.3 Å². The number of carboxylic acids is 1. The minimum absolute atomic E-state index is 0. The Labute approximate surface area is 203 Å². The molecule has 1 aromatic rings. The van der Waals surface area contributed by atoms with Gasteiger partial charge in [0, 0.05) is 19.8 Å². The molecule has 0 amide bonds. The smallest absolute Gasteiger partial charge is 1.00 e. The molecule has 1 aromatic carbocycles. The molecule has 0 heterocycles. The van der Waals surface area contributed by atoms with E-state index in [4.69, 9.17) is 5.11 Å². The fraction of sp³-hybridized carbons (Fsp3) is 0.708. The van der Waals surface area contributed by atoms with Crippen LogP contribution >= 0.6 is 0 Å². The Morgan fingerprint density at radius 3 is 2.24 bits per heavy atom. The van der Waals surface area contributed by atoms with Crippen molar-refractivity contribution in [2.24, 2.45) is 5.92 Å². The van der Waals surface area contributed by atoms with Crippen molar-refractivity contribution in [1.29, 1.82) is 0 Å².